The number of hydrogen-bond donors (Lipinski definition) is 0. The summed E-state index contributed by atoms with van der Waals surface area (Å²) in [4.78, 5) is 9.83. The summed E-state index contributed by atoms with van der Waals surface area (Å²) in [5.41, 5.74) is 0. The SMILES string of the molecule is COC(C)OC(C)OC([O])=O. The molecule has 0 fully saturated rings. The van der Waals surface area contributed by atoms with Gasteiger partial charge in [-0.1, -0.05) is 0 Å². The van der Waals surface area contributed by atoms with Crippen molar-refractivity contribution < 1.29 is 24.1 Å². The van der Waals surface area contributed by atoms with Gasteiger partial charge >= 0.3 is 6.16 Å². The zero-order chi connectivity index (χ0) is 8.85. The Morgan fingerprint density at radius 1 is 1.27 bits per heavy atom. The Bertz CT molecular complexity index is 124. The fourth-order valence-corrected chi connectivity index (χ4v) is 0.489. The van der Waals surface area contributed by atoms with Crippen LogP contribution in [0.25, 0.3) is 0 Å². The molecule has 0 aliphatic heterocycles. The summed E-state index contributed by atoms with van der Waals surface area (Å²) in [6.07, 6.45) is -2.97. The van der Waals surface area contributed by atoms with Crippen LogP contribution in [0.15, 0.2) is 0 Å². The van der Waals surface area contributed by atoms with Crippen molar-refractivity contribution in [1.82, 2.24) is 0 Å². The molecule has 0 rings (SSSR count). The fraction of sp³-hybridized carbons (Fsp3) is 0.833. The largest absolute Gasteiger partial charge is 0.552 e. The van der Waals surface area contributed by atoms with Gasteiger partial charge in [-0.2, -0.15) is 9.90 Å². The molecule has 1 radical (unpaired) electrons. The molecule has 0 heterocycles. The van der Waals surface area contributed by atoms with E-state index in [4.69, 9.17) is 4.74 Å². The van der Waals surface area contributed by atoms with Crippen LogP contribution in [0.4, 0.5) is 4.79 Å². The number of carbonyl (C=O) groups is 1. The Morgan fingerprint density at radius 2 is 1.82 bits per heavy atom. The van der Waals surface area contributed by atoms with Gasteiger partial charge in [-0.15, -0.1) is 0 Å². The lowest BCUT2D eigenvalue weighted by Crippen LogP contribution is -2.22. The standard InChI is InChI=1S/C6H11O5/c1-4(9-3)10-5(2)11-6(7)8/h4-5H,1-3H3. The van der Waals surface area contributed by atoms with Gasteiger partial charge < -0.3 is 14.2 Å². The van der Waals surface area contributed by atoms with Gasteiger partial charge in [-0.25, -0.2) is 0 Å². The van der Waals surface area contributed by atoms with E-state index in [2.05, 4.69) is 9.47 Å². The summed E-state index contributed by atoms with van der Waals surface area (Å²) in [6, 6.07) is 0. The maximum Gasteiger partial charge on any atom is 0.552 e. The summed E-state index contributed by atoms with van der Waals surface area (Å²) in [5, 5.41) is 9.83. The van der Waals surface area contributed by atoms with Crippen LogP contribution in [0, 0.1) is 0 Å². The van der Waals surface area contributed by atoms with E-state index in [1.54, 1.807) is 6.92 Å². The quantitative estimate of drug-likeness (QED) is 0.456. The number of methoxy groups -OCH3 is 1. The van der Waals surface area contributed by atoms with Crippen molar-refractivity contribution >= 4 is 6.16 Å². The second-order valence-electron chi connectivity index (χ2n) is 1.87. The molecular formula is C6H11O5. The average molecular weight is 163 g/mol. The predicted molar refractivity (Wildman–Crippen MR) is 34.2 cm³/mol. The number of carbonyl (C=O) groups excluding carboxylic acids is 1. The van der Waals surface area contributed by atoms with Gasteiger partial charge in [0.1, 0.15) is 0 Å². The van der Waals surface area contributed by atoms with Gasteiger partial charge in [-0.05, 0) is 13.8 Å². The molecule has 0 aromatic carbocycles. The molecule has 0 spiro atoms. The van der Waals surface area contributed by atoms with E-state index in [9.17, 15) is 9.90 Å². The average Bonchev–Trinajstić information content (AvgIpc) is 1.85. The van der Waals surface area contributed by atoms with Crippen molar-refractivity contribution in [1.29, 1.82) is 0 Å². The van der Waals surface area contributed by atoms with Crippen molar-refractivity contribution in [3.05, 3.63) is 0 Å². The first kappa shape index (κ1) is 10.2. The van der Waals surface area contributed by atoms with E-state index >= 15 is 0 Å². The first-order valence-electron chi connectivity index (χ1n) is 3.12. The minimum atomic E-state index is -1.61. The topological polar surface area (TPSA) is 64.7 Å². The third-order valence-electron chi connectivity index (χ3n) is 0.977. The molecule has 0 aliphatic carbocycles. The monoisotopic (exact) mass is 163 g/mol. The summed E-state index contributed by atoms with van der Waals surface area (Å²) < 4.78 is 13.7. The minimum Gasteiger partial charge on any atom is -0.402 e. The van der Waals surface area contributed by atoms with Gasteiger partial charge in [0.05, 0.1) is 0 Å². The molecule has 2 unspecified atom stereocenters. The van der Waals surface area contributed by atoms with Gasteiger partial charge in [0.2, 0.25) is 6.29 Å². The van der Waals surface area contributed by atoms with E-state index in [-0.39, 0.29) is 0 Å². The maximum atomic E-state index is 9.83. The lowest BCUT2D eigenvalue weighted by atomic mass is 10.7. The molecule has 0 saturated heterocycles. The smallest absolute Gasteiger partial charge is 0.402 e. The summed E-state index contributed by atoms with van der Waals surface area (Å²) >= 11 is 0. The molecule has 2 atom stereocenters. The molecule has 0 saturated carbocycles. The normalized spacial score (nSPS) is 15.5. The van der Waals surface area contributed by atoms with Gasteiger partial charge in [-0.3, -0.25) is 0 Å². The van der Waals surface area contributed by atoms with Gasteiger partial charge in [0, 0.05) is 7.11 Å². The third kappa shape index (κ3) is 5.63. The van der Waals surface area contributed by atoms with Gasteiger partial charge in [0.25, 0.3) is 0 Å². The second kappa shape index (κ2) is 4.92. The highest BCUT2D eigenvalue weighted by atomic mass is 16.8. The zero-order valence-electron chi connectivity index (χ0n) is 6.70. The number of rotatable bonds is 4. The Labute approximate surface area is 64.9 Å². The van der Waals surface area contributed by atoms with Crippen LogP contribution in [0.2, 0.25) is 0 Å². The Morgan fingerprint density at radius 3 is 2.18 bits per heavy atom. The molecular weight excluding hydrogens is 152 g/mol. The van der Waals surface area contributed by atoms with Crippen molar-refractivity contribution in [3.8, 4) is 0 Å². The second-order valence-corrected chi connectivity index (χ2v) is 1.87. The van der Waals surface area contributed by atoms with E-state index in [1.807, 2.05) is 0 Å². The molecule has 5 nitrogen and oxygen atoms in total. The van der Waals surface area contributed by atoms with E-state index in [1.165, 1.54) is 14.0 Å². The van der Waals surface area contributed by atoms with Crippen LogP contribution in [-0.2, 0) is 19.3 Å². The van der Waals surface area contributed by atoms with Crippen LogP contribution in [-0.4, -0.2) is 25.8 Å². The predicted octanol–water partition coefficient (Wildman–Crippen LogP) is 0.908. The fourth-order valence-electron chi connectivity index (χ4n) is 0.489. The van der Waals surface area contributed by atoms with E-state index < -0.39 is 18.7 Å². The Kier molecular flexibility index (Phi) is 4.56. The summed E-state index contributed by atoms with van der Waals surface area (Å²) in [5.74, 6) is 0. The Balaban J connectivity index is 3.51. The van der Waals surface area contributed by atoms with Crippen LogP contribution in [0.3, 0.4) is 0 Å². The molecule has 5 heteroatoms. The van der Waals surface area contributed by atoms with Crippen LogP contribution < -0.4 is 0 Å². The lowest BCUT2D eigenvalue weighted by molar-refractivity contribution is -0.208. The molecule has 0 aromatic rings. The van der Waals surface area contributed by atoms with Gasteiger partial charge in [0.15, 0.2) is 6.29 Å². The molecule has 65 valence electrons. The van der Waals surface area contributed by atoms with Crippen molar-refractivity contribution in [2.24, 2.45) is 0 Å². The minimum absolute atomic E-state index is 0.496. The van der Waals surface area contributed by atoms with Crippen LogP contribution in [0.5, 0.6) is 0 Å². The van der Waals surface area contributed by atoms with E-state index in [0.717, 1.165) is 0 Å². The number of hydrogen-bond acceptors (Lipinski definition) is 4. The maximum absolute atomic E-state index is 9.83. The molecule has 0 N–H and O–H groups in total. The Hall–Kier alpha value is -0.810. The summed E-state index contributed by atoms with van der Waals surface area (Å²) in [7, 11) is 1.44. The summed E-state index contributed by atoms with van der Waals surface area (Å²) in [6.45, 7) is 3.06. The first-order valence-corrected chi connectivity index (χ1v) is 3.12. The van der Waals surface area contributed by atoms with Crippen LogP contribution in [0.1, 0.15) is 13.8 Å². The van der Waals surface area contributed by atoms with Crippen molar-refractivity contribution in [3.63, 3.8) is 0 Å². The molecule has 0 aromatic heterocycles. The van der Waals surface area contributed by atoms with Crippen LogP contribution >= 0.6 is 0 Å². The highest BCUT2D eigenvalue weighted by molar-refractivity contribution is 5.56. The first-order chi connectivity index (χ1) is 5.06. The molecule has 11 heavy (non-hydrogen) atoms. The highest BCUT2D eigenvalue weighted by Gasteiger charge is 2.11. The molecule has 0 bridgehead atoms. The highest BCUT2D eigenvalue weighted by Crippen LogP contribution is 1.99. The number of ether oxygens (including phenoxy) is 3. The molecule has 0 aliphatic rings. The van der Waals surface area contributed by atoms with Crippen molar-refractivity contribution in [2.75, 3.05) is 7.11 Å². The zero-order valence-corrected chi connectivity index (χ0v) is 6.70. The van der Waals surface area contributed by atoms with E-state index in [0.29, 0.717) is 0 Å². The lowest BCUT2D eigenvalue weighted by Gasteiger charge is -2.15. The van der Waals surface area contributed by atoms with Crippen molar-refractivity contribution in [2.45, 2.75) is 26.4 Å². The molecule has 0 amide bonds. The third-order valence-corrected chi connectivity index (χ3v) is 0.977.